The summed E-state index contributed by atoms with van der Waals surface area (Å²) in [6, 6.07) is 21.6. The Balaban J connectivity index is 1.39. The van der Waals surface area contributed by atoms with Gasteiger partial charge in [-0.1, -0.05) is 60.1 Å². The molecule has 0 unspecified atom stereocenters. The number of carbonyl (C=O) groups is 3. The number of benzene rings is 4. The molecule has 4 amide bonds. The van der Waals surface area contributed by atoms with Crippen LogP contribution < -0.4 is 15.0 Å². The van der Waals surface area contributed by atoms with Gasteiger partial charge in [-0.05, 0) is 87.6 Å². The fourth-order valence-corrected chi connectivity index (χ4v) is 4.98. The lowest BCUT2D eigenvalue weighted by atomic mass is 10.0. The Hall–Kier alpha value is -3.94. The SMILES string of the molecule is Cc1ccc(N2C(=O)NC(=O)/C(=C\c3ccc(OCc4c(C)ccc5ccccc45)c(Br)c3)C2=O)cc1Cl. The zero-order valence-electron chi connectivity index (χ0n) is 20.5. The number of nitrogens with zero attached hydrogens (tertiary/aromatic N) is 1. The summed E-state index contributed by atoms with van der Waals surface area (Å²) >= 11 is 9.73. The molecule has 1 aliphatic rings. The molecule has 4 aromatic rings. The third-order valence-electron chi connectivity index (χ3n) is 6.43. The average molecular weight is 590 g/mol. The van der Waals surface area contributed by atoms with Gasteiger partial charge in [0.05, 0.1) is 10.2 Å². The molecular formula is C30H22BrClN2O4. The van der Waals surface area contributed by atoms with Gasteiger partial charge in [-0.3, -0.25) is 14.9 Å². The zero-order valence-corrected chi connectivity index (χ0v) is 22.9. The van der Waals surface area contributed by atoms with Crippen molar-refractivity contribution in [1.82, 2.24) is 5.32 Å². The molecule has 0 atom stereocenters. The van der Waals surface area contributed by atoms with E-state index in [1.807, 2.05) is 19.1 Å². The molecule has 5 rings (SSSR count). The fourth-order valence-electron chi connectivity index (χ4n) is 4.29. The minimum absolute atomic E-state index is 0.173. The van der Waals surface area contributed by atoms with Crippen LogP contribution >= 0.6 is 27.5 Å². The molecule has 0 radical (unpaired) electrons. The van der Waals surface area contributed by atoms with Crippen molar-refractivity contribution in [3.8, 4) is 5.75 Å². The van der Waals surface area contributed by atoms with Gasteiger partial charge >= 0.3 is 6.03 Å². The highest BCUT2D eigenvalue weighted by Crippen LogP contribution is 2.31. The second-order valence-electron chi connectivity index (χ2n) is 8.95. The number of amides is 4. The number of rotatable bonds is 5. The van der Waals surface area contributed by atoms with Crippen LogP contribution in [0, 0.1) is 13.8 Å². The Morgan fingerprint density at radius 1 is 0.947 bits per heavy atom. The van der Waals surface area contributed by atoms with E-state index >= 15 is 0 Å². The van der Waals surface area contributed by atoms with Gasteiger partial charge in [0.15, 0.2) is 0 Å². The third kappa shape index (κ3) is 4.95. The third-order valence-corrected chi connectivity index (χ3v) is 7.46. The van der Waals surface area contributed by atoms with Gasteiger partial charge in [-0.2, -0.15) is 0 Å². The molecular weight excluding hydrogens is 568 g/mol. The number of ether oxygens (including phenoxy) is 1. The first-order chi connectivity index (χ1) is 18.2. The molecule has 1 aliphatic heterocycles. The van der Waals surface area contributed by atoms with Crippen LogP contribution in [0.3, 0.4) is 0 Å². The summed E-state index contributed by atoms with van der Waals surface area (Å²) < 4.78 is 6.79. The standard InChI is InChI=1S/C30H22BrClN2O4/c1-17-7-10-20-5-3-4-6-22(20)24(17)16-38-27-12-9-19(14-25(27)31)13-23-28(35)33-30(37)34(29(23)36)21-11-8-18(2)26(32)15-21/h3-15H,16H2,1-2H3,(H,33,35,37)/b23-13+. The van der Waals surface area contributed by atoms with Crippen LogP contribution in [-0.2, 0) is 16.2 Å². The number of hydrogen-bond acceptors (Lipinski definition) is 4. The number of imide groups is 2. The lowest BCUT2D eigenvalue weighted by Gasteiger charge is -2.26. The minimum Gasteiger partial charge on any atom is -0.488 e. The normalized spacial score (nSPS) is 14.8. The van der Waals surface area contributed by atoms with Gasteiger partial charge in [0, 0.05) is 10.6 Å². The van der Waals surface area contributed by atoms with Crippen molar-refractivity contribution in [3.05, 3.63) is 110 Å². The van der Waals surface area contributed by atoms with Crippen LogP contribution in [0.1, 0.15) is 22.3 Å². The van der Waals surface area contributed by atoms with Crippen LogP contribution in [0.25, 0.3) is 16.8 Å². The second kappa shape index (κ2) is 10.4. The number of aryl methyl sites for hydroxylation is 2. The molecule has 0 bridgehead atoms. The highest BCUT2D eigenvalue weighted by atomic mass is 79.9. The molecule has 1 fully saturated rings. The largest absolute Gasteiger partial charge is 0.488 e. The summed E-state index contributed by atoms with van der Waals surface area (Å²) in [5.41, 5.74) is 3.72. The van der Waals surface area contributed by atoms with Crippen LogP contribution in [0.5, 0.6) is 5.75 Å². The van der Waals surface area contributed by atoms with E-state index in [-0.39, 0.29) is 11.3 Å². The molecule has 1 heterocycles. The molecule has 1 N–H and O–H groups in total. The Morgan fingerprint density at radius 2 is 1.71 bits per heavy atom. The lowest BCUT2D eigenvalue weighted by Crippen LogP contribution is -2.54. The van der Waals surface area contributed by atoms with Crippen molar-refractivity contribution in [1.29, 1.82) is 0 Å². The van der Waals surface area contributed by atoms with E-state index in [0.717, 1.165) is 32.4 Å². The van der Waals surface area contributed by atoms with E-state index in [4.69, 9.17) is 16.3 Å². The van der Waals surface area contributed by atoms with Gasteiger partial charge in [0.1, 0.15) is 17.9 Å². The van der Waals surface area contributed by atoms with Crippen molar-refractivity contribution in [2.45, 2.75) is 20.5 Å². The minimum atomic E-state index is -0.828. The molecule has 0 spiro atoms. The molecule has 4 aromatic carbocycles. The molecule has 38 heavy (non-hydrogen) atoms. The smallest absolute Gasteiger partial charge is 0.335 e. The highest BCUT2D eigenvalue weighted by Gasteiger charge is 2.37. The number of carbonyl (C=O) groups excluding carboxylic acids is 3. The number of urea groups is 1. The van der Waals surface area contributed by atoms with E-state index in [1.165, 1.54) is 12.1 Å². The van der Waals surface area contributed by atoms with E-state index in [2.05, 4.69) is 52.4 Å². The number of halogens is 2. The first kappa shape index (κ1) is 25.7. The molecule has 0 aliphatic carbocycles. The number of barbiturate groups is 1. The molecule has 1 saturated heterocycles. The predicted octanol–water partition coefficient (Wildman–Crippen LogP) is 7.12. The Kier molecular flexibility index (Phi) is 7.06. The van der Waals surface area contributed by atoms with Crippen molar-refractivity contribution < 1.29 is 19.1 Å². The number of anilines is 1. The summed E-state index contributed by atoms with van der Waals surface area (Å²) in [5, 5.41) is 4.92. The molecule has 0 aromatic heterocycles. The predicted molar refractivity (Wildman–Crippen MR) is 152 cm³/mol. The van der Waals surface area contributed by atoms with Crippen molar-refractivity contribution in [2.24, 2.45) is 0 Å². The summed E-state index contributed by atoms with van der Waals surface area (Å²) in [6.45, 7) is 4.25. The van der Waals surface area contributed by atoms with E-state index in [1.54, 1.807) is 30.3 Å². The van der Waals surface area contributed by atoms with Gasteiger partial charge in [0.2, 0.25) is 0 Å². The van der Waals surface area contributed by atoms with Crippen LogP contribution in [0.15, 0.2) is 82.8 Å². The first-order valence-electron chi connectivity index (χ1n) is 11.8. The maximum Gasteiger partial charge on any atom is 0.335 e. The summed E-state index contributed by atoms with van der Waals surface area (Å²) in [5.74, 6) is -0.885. The van der Waals surface area contributed by atoms with Gasteiger partial charge in [-0.15, -0.1) is 0 Å². The summed E-state index contributed by atoms with van der Waals surface area (Å²) in [6.07, 6.45) is 1.44. The Bertz CT molecular complexity index is 1660. The maximum atomic E-state index is 13.2. The molecule has 6 nitrogen and oxygen atoms in total. The Morgan fingerprint density at radius 3 is 2.47 bits per heavy atom. The highest BCUT2D eigenvalue weighted by molar-refractivity contribution is 9.10. The lowest BCUT2D eigenvalue weighted by molar-refractivity contribution is -0.122. The Labute approximate surface area is 233 Å². The van der Waals surface area contributed by atoms with Crippen LogP contribution in [-0.4, -0.2) is 17.8 Å². The van der Waals surface area contributed by atoms with Crippen LogP contribution in [0.2, 0.25) is 5.02 Å². The van der Waals surface area contributed by atoms with Gasteiger partial charge in [0.25, 0.3) is 11.8 Å². The second-order valence-corrected chi connectivity index (χ2v) is 10.2. The maximum absolute atomic E-state index is 13.2. The monoisotopic (exact) mass is 588 g/mol. The number of fused-ring (bicyclic) bond motifs is 1. The van der Waals surface area contributed by atoms with E-state index in [0.29, 0.717) is 27.4 Å². The molecule has 8 heteroatoms. The van der Waals surface area contributed by atoms with Gasteiger partial charge in [-0.25, -0.2) is 9.69 Å². The quantitative estimate of drug-likeness (QED) is 0.199. The van der Waals surface area contributed by atoms with Crippen molar-refractivity contribution >= 4 is 67.9 Å². The van der Waals surface area contributed by atoms with Crippen LogP contribution in [0.4, 0.5) is 10.5 Å². The van der Waals surface area contributed by atoms with E-state index in [9.17, 15) is 14.4 Å². The number of hydrogen-bond donors (Lipinski definition) is 1. The van der Waals surface area contributed by atoms with E-state index < -0.39 is 17.8 Å². The summed E-state index contributed by atoms with van der Waals surface area (Å²) in [7, 11) is 0. The number of nitrogens with one attached hydrogen (secondary N) is 1. The fraction of sp³-hybridized carbons (Fsp3) is 0.100. The molecule has 0 saturated carbocycles. The average Bonchev–Trinajstić information content (AvgIpc) is 2.89. The van der Waals surface area contributed by atoms with Crippen molar-refractivity contribution in [2.75, 3.05) is 4.90 Å². The van der Waals surface area contributed by atoms with Crippen molar-refractivity contribution in [3.63, 3.8) is 0 Å². The summed E-state index contributed by atoms with van der Waals surface area (Å²) in [4.78, 5) is 39.1. The zero-order chi connectivity index (χ0) is 27.0. The molecule has 190 valence electrons. The first-order valence-corrected chi connectivity index (χ1v) is 13.0. The van der Waals surface area contributed by atoms with Gasteiger partial charge < -0.3 is 4.74 Å². The topological polar surface area (TPSA) is 75.7 Å².